The minimum atomic E-state index is -2.74. The van der Waals surface area contributed by atoms with Gasteiger partial charge >= 0.3 is 256 Å². The number of rotatable bonds is 29. The zero-order chi connectivity index (χ0) is 28.5. The van der Waals surface area contributed by atoms with Crippen LogP contribution < -0.4 is 0 Å². The van der Waals surface area contributed by atoms with Gasteiger partial charge in [0.15, 0.2) is 0 Å². The van der Waals surface area contributed by atoms with Gasteiger partial charge in [0.25, 0.3) is 0 Å². The molecule has 5 nitrogen and oxygen atoms in total. The Bertz CT molecular complexity index is 463. The van der Waals surface area contributed by atoms with Gasteiger partial charge in [-0.25, -0.2) is 0 Å². The fourth-order valence-corrected chi connectivity index (χ4v) is 18.5. The Hall–Kier alpha value is 1.40. The molecule has 0 amide bonds. The third-order valence-electron chi connectivity index (χ3n) is 6.94. The van der Waals surface area contributed by atoms with E-state index in [-0.39, 0.29) is 18.2 Å². The molecule has 0 bridgehead atoms. The second-order valence-corrected chi connectivity index (χ2v) is 22.2. The fourth-order valence-electron chi connectivity index (χ4n) is 4.54. The van der Waals surface area contributed by atoms with Gasteiger partial charge in [0, 0.05) is 0 Å². The van der Waals surface area contributed by atoms with Crippen molar-refractivity contribution >= 4 is 40.8 Å². The van der Waals surface area contributed by atoms with Gasteiger partial charge in [-0.2, -0.15) is 0 Å². The summed E-state index contributed by atoms with van der Waals surface area (Å²) in [6, 6.07) is 0. The van der Waals surface area contributed by atoms with Crippen LogP contribution in [0.2, 0.25) is 13.3 Å². The van der Waals surface area contributed by atoms with Crippen LogP contribution in [-0.4, -0.2) is 72.2 Å². The van der Waals surface area contributed by atoms with Gasteiger partial charge < -0.3 is 0 Å². The number of ether oxygens (including phenoxy) is 2. The quantitative estimate of drug-likeness (QED) is 0.0562. The summed E-state index contributed by atoms with van der Waals surface area (Å²) in [5.74, 6) is 0. The summed E-state index contributed by atoms with van der Waals surface area (Å²) in [7, 11) is 0. The minimum absolute atomic E-state index is 0.0127. The van der Waals surface area contributed by atoms with E-state index in [0.717, 1.165) is 49.8 Å². The van der Waals surface area contributed by atoms with Crippen LogP contribution in [-0.2, 0) is 18.7 Å². The molecule has 2 atom stereocenters. The monoisotopic (exact) mass is 758 g/mol. The third kappa shape index (κ3) is 19.5. The van der Waals surface area contributed by atoms with E-state index in [0.29, 0.717) is 0 Å². The van der Waals surface area contributed by atoms with Crippen LogP contribution in [0, 0.1) is 0 Å². The number of unbranched alkanes of at least 4 members (excludes halogenated alkanes) is 4. The van der Waals surface area contributed by atoms with E-state index >= 15 is 0 Å². The molecule has 0 aliphatic carbocycles. The second-order valence-electron chi connectivity index (χ2n) is 10.8. The normalized spacial score (nSPS) is 14.1. The Kier molecular flexibility index (Phi) is 28.2. The molecule has 0 aromatic carbocycles. The predicted octanol–water partition coefficient (Wildman–Crippen LogP) is 9.95. The van der Waals surface area contributed by atoms with Crippen molar-refractivity contribution in [3.05, 3.63) is 0 Å². The maximum absolute atomic E-state index is 7.44. The van der Waals surface area contributed by atoms with E-state index in [4.69, 9.17) is 18.7 Å². The van der Waals surface area contributed by atoms with E-state index in [1.807, 2.05) is 0 Å². The Morgan fingerprint density at radius 2 is 0.974 bits per heavy atom. The Labute approximate surface area is 254 Å². The van der Waals surface area contributed by atoms with Crippen molar-refractivity contribution in [3.63, 3.8) is 0 Å². The van der Waals surface area contributed by atoms with Crippen LogP contribution in [0.4, 0.5) is 0 Å². The van der Waals surface area contributed by atoms with Crippen molar-refractivity contribution in [3.8, 4) is 0 Å². The summed E-state index contributed by atoms with van der Waals surface area (Å²) in [4.78, 5) is 0. The Morgan fingerprint density at radius 1 is 0.526 bits per heavy atom. The van der Waals surface area contributed by atoms with Gasteiger partial charge in [-0.3, -0.25) is 0 Å². The molecule has 0 aromatic heterocycles. The predicted molar refractivity (Wildman–Crippen MR) is 166 cm³/mol. The van der Waals surface area contributed by atoms with Gasteiger partial charge in [-0.1, -0.05) is 0 Å². The standard InChI is InChI=1S/C11H22O.2C6H13O2.2C4H9.2Sn/c1-4-7-9-11(12,6-3)10-8-5-2;2*1-3-5-8-6(7)4-2;2*1-3-4-2;;/h3-10H2,1-2H3;2*6H,3-5H2,1-2H3;2*1,3-4H2,2H3;;/q3*-1;;;+1;+2. The summed E-state index contributed by atoms with van der Waals surface area (Å²) in [5, 5.41) is 0. The first-order chi connectivity index (χ1) is 18.5. The summed E-state index contributed by atoms with van der Waals surface area (Å²) in [6.45, 7) is 19.4. The van der Waals surface area contributed by atoms with Crippen LogP contribution in [0.25, 0.3) is 0 Å². The van der Waals surface area contributed by atoms with E-state index in [9.17, 15) is 0 Å². The van der Waals surface area contributed by atoms with Crippen LogP contribution in [0.5, 0.6) is 0 Å². The van der Waals surface area contributed by atoms with Crippen molar-refractivity contribution in [2.45, 2.75) is 183 Å². The van der Waals surface area contributed by atoms with Crippen molar-refractivity contribution in [2.24, 2.45) is 0 Å². The summed E-state index contributed by atoms with van der Waals surface area (Å²) in [5.41, 5.74) is 0.0127. The number of hydrogen-bond acceptors (Lipinski definition) is 5. The van der Waals surface area contributed by atoms with Crippen molar-refractivity contribution < 1.29 is 18.7 Å². The fraction of sp³-hybridized carbons (Fsp3) is 1.00. The molecule has 7 heteroatoms. The molecule has 0 heterocycles. The topological polar surface area (TPSA) is 46.2 Å². The molecule has 0 aliphatic rings. The summed E-state index contributed by atoms with van der Waals surface area (Å²) in [6.07, 6.45) is 17.1. The molecular weight excluding hydrogens is 690 g/mol. The Balaban J connectivity index is 5.87. The molecule has 0 aliphatic heterocycles. The van der Waals surface area contributed by atoms with E-state index in [1.165, 1.54) is 73.1 Å². The third-order valence-corrected chi connectivity index (χ3v) is 19.1. The molecular formula is C31H66O5Sn2. The zero-order valence-electron chi connectivity index (χ0n) is 26.8. The van der Waals surface area contributed by atoms with Gasteiger partial charge in [0.1, 0.15) is 0 Å². The average Bonchev–Trinajstić information content (AvgIpc) is 2.94. The molecule has 0 aromatic rings. The Morgan fingerprint density at radius 3 is 1.34 bits per heavy atom. The van der Waals surface area contributed by atoms with Gasteiger partial charge in [-0.15, -0.1) is 0 Å². The molecule has 0 fully saturated rings. The SMILES string of the molecule is CCC[CH2][Sn]([CH2]CCC)[O]C(CCCC)(CCCC)C[CH2][Sn]([O]C(CC)OCCC)[O]C(CC)OCCC. The van der Waals surface area contributed by atoms with E-state index in [1.54, 1.807) is 0 Å². The van der Waals surface area contributed by atoms with Crippen LogP contribution in [0.3, 0.4) is 0 Å². The molecule has 0 spiro atoms. The molecule has 0 saturated heterocycles. The maximum atomic E-state index is 7.44. The molecule has 0 N–H and O–H groups in total. The molecule has 0 saturated carbocycles. The van der Waals surface area contributed by atoms with Crippen LogP contribution >= 0.6 is 0 Å². The first-order valence-corrected chi connectivity index (χ1v) is 26.0. The molecule has 0 rings (SSSR count). The van der Waals surface area contributed by atoms with E-state index in [2.05, 4.69) is 55.4 Å². The van der Waals surface area contributed by atoms with Gasteiger partial charge in [0.2, 0.25) is 0 Å². The first kappa shape index (κ1) is 39.4. The van der Waals surface area contributed by atoms with Crippen molar-refractivity contribution in [2.75, 3.05) is 13.2 Å². The molecule has 2 unspecified atom stereocenters. The number of hydrogen-bond donors (Lipinski definition) is 0. The summed E-state index contributed by atoms with van der Waals surface area (Å²) < 4.78 is 36.7. The van der Waals surface area contributed by atoms with Crippen LogP contribution in [0.1, 0.15) is 152 Å². The average molecular weight is 756 g/mol. The zero-order valence-corrected chi connectivity index (χ0v) is 32.5. The van der Waals surface area contributed by atoms with Crippen molar-refractivity contribution in [1.82, 2.24) is 0 Å². The van der Waals surface area contributed by atoms with E-state index < -0.39 is 40.8 Å². The van der Waals surface area contributed by atoms with Gasteiger partial charge in [0.05, 0.1) is 0 Å². The molecule has 2 radical (unpaired) electrons. The molecule has 38 heavy (non-hydrogen) atoms. The second kappa shape index (κ2) is 27.2. The molecule has 228 valence electrons. The van der Waals surface area contributed by atoms with Crippen molar-refractivity contribution in [1.29, 1.82) is 0 Å². The van der Waals surface area contributed by atoms with Gasteiger partial charge in [-0.05, 0) is 0 Å². The first-order valence-electron chi connectivity index (χ1n) is 16.4. The summed E-state index contributed by atoms with van der Waals surface area (Å²) >= 11 is -4.66. The van der Waals surface area contributed by atoms with Crippen LogP contribution in [0.15, 0.2) is 0 Å².